The third-order valence-corrected chi connectivity index (χ3v) is 2.98. The summed E-state index contributed by atoms with van der Waals surface area (Å²) in [5, 5.41) is 31.8. The van der Waals surface area contributed by atoms with Gasteiger partial charge >= 0.3 is 17.9 Å². The van der Waals surface area contributed by atoms with Crippen molar-refractivity contribution in [2.75, 3.05) is 0 Å². The van der Waals surface area contributed by atoms with E-state index < -0.39 is 23.9 Å². The first-order valence-corrected chi connectivity index (χ1v) is 9.89. The molecule has 0 aromatic rings. The molecule has 0 aromatic carbocycles. The molecule has 8 nitrogen and oxygen atoms in total. The van der Waals surface area contributed by atoms with Crippen LogP contribution in [0, 0.1) is 0 Å². The summed E-state index contributed by atoms with van der Waals surface area (Å²) < 4.78 is 0. The molecule has 0 aromatic heterocycles. The normalized spacial score (nSPS) is 8.71. The SMILES string of the molecule is CC(=O)O.CCCCCC(=O)O.CCCCCC(=O)O.CCCCCC(=O)O. The highest BCUT2D eigenvalue weighted by Gasteiger charge is 1.94. The van der Waals surface area contributed by atoms with Crippen molar-refractivity contribution in [2.24, 2.45) is 0 Å². The second-order valence-corrected chi connectivity index (χ2v) is 6.07. The predicted octanol–water partition coefficient (Wildman–Crippen LogP) is 5.04. The van der Waals surface area contributed by atoms with Crippen LogP contribution in [-0.2, 0) is 19.2 Å². The monoisotopic (exact) mass is 408 g/mol. The Morgan fingerprint density at radius 2 is 0.679 bits per heavy atom. The lowest BCUT2D eigenvalue weighted by Crippen LogP contribution is -1.92. The maximum absolute atomic E-state index is 9.87. The first-order chi connectivity index (χ1) is 13.0. The van der Waals surface area contributed by atoms with Crippen LogP contribution in [0.3, 0.4) is 0 Å². The van der Waals surface area contributed by atoms with Crippen LogP contribution in [-0.4, -0.2) is 44.3 Å². The van der Waals surface area contributed by atoms with Gasteiger partial charge in [-0.15, -0.1) is 0 Å². The summed E-state index contributed by atoms with van der Waals surface area (Å²) in [5.41, 5.74) is 0. The molecule has 0 bridgehead atoms. The van der Waals surface area contributed by atoms with Crippen molar-refractivity contribution in [3.8, 4) is 0 Å². The van der Waals surface area contributed by atoms with Crippen molar-refractivity contribution in [3.63, 3.8) is 0 Å². The fourth-order valence-electron chi connectivity index (χ4n) is 1.58. The van der Waals surface area contributed by atoms with E-state index in [1.54, 1.807) is 0 Å². The van der Waals surface area contributed by atoms with Crippen LogP contribution in [0.2, 0.25) is 0 Å². The zero-order chi connectivity index (χ0) is 22.8. The molecule has 0 fully saturated rings. The summed E-state index contributed by atoms with van der Waals surface area (Å²) in [6.07, 6.45) is 9.83. The molecule has 0 spiro atoms. The van der Waals surface area contributed by atoms with Gasteiger partial charge in [0.2, 0.25) is 0 Å². The molecule has 0 aliphatic rings. The molecule has 4 N–H and O–H groups in total. The standard InChI is InChI=1S/3C6H12O2.C2H4O2/c3*1-2-3-4-5-6(7)8;1-2(3)4/h3*2-5H2,1H3,(H,7,8);1H3,(H,3,4). The predicted molar refractivity (Wildman–Crippen MR) is 109 cm³/mol. The molecular weight excluding hydrogens is 368 g/mol. The molecule has 0 saturated heterocycles. The summed E-state index contributed by atoms with van der Waals surface area (Å²) >= 11 is 0. The Bertz CT molecular complexity index is 329. The van der Waals surface area contributed by atoms with Crippen molar-refractivity contribution < 1.29 is 39.6 Å². The van der Waals surface area contributed by atoms with E-state index in [9.17, 15) is 14.4 Å². The highest BCUT2D eigenvalue weighted by Crippen LogP contribution is 1.98. The summed E-state index contributed by atoms with van der Waals surface area (Å²) in [7, 11) is 0. The number of carbonyl (C=O) groups is 4. The number of hydrogen-bond donors (Lipinski definition) is 4. The van der Waals surface area contributed by atoms with E-state index in [4.69, 9.17) is 25.2 Å². The number of rotatable bonds is 12. The zero-order valence-corrected chi connectivity index (χ0v) is 17.9. The quantitative estimate of drug-likeness (QED) is 0.328. The van der Waals surface area contributed by atoms with Crippen molar-refractivity contribution in [3.05, 3.63) is 0 Å². The van der Waals surface area contributed by atoms with E-state index in [-0.39, 0.29) is 0 Å². The van der Waals surface area contributed by atoms with Crippen LogP contribution in [0.25, 0.3) is 0 Å². The number of unbranched alkanes of at least 4 members (excludes halogenated alkanes) is 6. The van der Waals surface area contributed by atoms with Crippen molar-refractivity contribution in [2.45, 2.75) is 105 Å². The first kappa shape index (κ1) is 33.5. The molecule has 0 aliphatic heterocycles. The molecule has 0 radical (unpaired) electrons. The highest BCUT2D eigenvalue weighted by atomic mass is 16.4. The summed E-state index contributed by atoms with van der Waals surface area (Å²) in [6, 6.07) is 0. The molecule has 0 amide bonds. The molecule has 0 rings (SSSR count). The van der Waals surface area contributed by atoms with Crippen LogP contribution in [0.15, 0.2) is 0 Å². The number of aliphatic carboxylic acids is 4. The van der Waals surface area contributed by atoms with Crippen molar-refractivity contribution in [1.29, 1.82) is 0 Å². The van der Waals surface area contributed by atoms with Gasteiger partial charge in [0.25, 0.3) is 5.97 Å². The maximum atomic E-state index is 9.87. The summed E-state index contributed by atoms with van der Waals surface area (Å²) in [6.45, 7) is 7.26. The van der Waals surface area contributed by atoms with Gasteiger partial charge < -0.3 is 20.4 Å². The Balaban J connectivity index is -0.000000141. The third-order valence-electron chi connectivity index (χ3n) is 2.98. The second-order valence-electron chi connectivity index (χ2n) is 6.07. The molecule has 28 heavy (non-hydrogen) atoms. The minimum Gasteiger partial charge on any atom is -0.481 e. The second kappa shape index (κ2) is 29.6. The average molecular weight is 409 g/mol. The summed E-state index contributed by atoms with van der Waals surface area (Å²) in [5.74, 6) is -2.88. The third kappa shape index (κ3) is 75.4. The summed E-state index contributed by atoms with van der Waals surface area (Å²) in [4.78, 5) is 38.6. The van der Waals surface area contributed by atoms with Crippen LogP contribution in [0.4, 0.5) is 0 Å². The number of carboxylic acids is 4. The fraction of sp³-hybridized carbons (Fsp3) is 0.800. The van der Waals surface area contributed by atoms with Crippen LogP contribution in [0.5, 0.6) is 0 Å². The largest absolute Gasteiger partial charge is 0.481 e. The lowest BCUT2D eigenvalue weighted by atomic mass is 10.2. The van der Waals surface area contributed by atoms with Gasteiger partial charge in [-0.1, -0.05) is 59.3 Å². The maximum Gasteiger partial charge on any atom is 0.303 e. The smallest absolute Gasteiger partial charge is 0.303 e. The Kier molecular flexibility index (Phi) is 35.4. The van der Waals surface area contributed by atoms with E-state index in [0.717, 1.165) is 64.7 Å². The molecular formula is C20H40O8. The van der Waals surface area contributed by atoms with Gasteiger partial charge in [0.05, 0.1) is 0 Å². The molecule has 0 aliphatic carbocycles. The van der Waals surface area contributed by atoms with Gasteiger partial charge in [0.15, 0.2) is 0 Å². The Hall–Kier alpha value is -2.12. The van der Waals surface area contributed by atoms with Crippen LogP contribution < -0.4 is 0 Å². The molecule has 0 saturated carbocycles. The Morgan fingerprint density at radius 3 is 0.786 bits per heavy atom. The molecule has 0 atom stereocenters. The topological polar surface area (TPSA) is 149 Å². The van der Waals surface area contributed by atoms with Gasteiger partial charge in [0.1, 0.15) is 0 Å². The number of carboxylic acid groups (broad SMARTS) is 4. The Labute approximate surface area is 169 Å². The molecule has 0 unspecified atom stereocenters. The van der Waals surface area contributed by atoms with Gasteiger partial charge in [-0.2, -0.15) is 0 Å². The highest BCUT2D eigenvalue weighted by molar-refractivity contribution is 5.67. The lowest BCUT2D eigenvalue weighted by Gasteiger charge is -1.89. The average Bonchev–Trinajstić information content (AvgIpc) is 2.55. The Morgan fingerprint density at radius 1 is 0.500 bits per heavy atom. The van der Waals surface area contributed by atoms with Crippen LogP contribution in [0.1, 0.15) is 105 Å². The van der Waals surface area contributed by atoms with E-state index in [1.165, 1.54) is 0 Å². The van der Waals surface area contributed by atoms with Gasteiger partial charge in [-0.3, -0.25) is 19.2 Å². The first-order valence-electron chi connectivity index (χ1n) is 9.89. The molecule has 8 heteroatoms. The van der Waals surface area contributed by atoms with Crippen molar-refractivity contribution in [1.82, 2.24) is 0 Å². The van der Waals surface area contributed by atoms with Gasteiger partial charge in [-0.25, -0.2) is 0 Å². The van der Waals surface area contributed by atoms with Gasteiger partial charge in [-0.05, 0) is 19.3 Å². The lowest BCUT2D eigenvalue weighted by molar-refractivity contribution is -0.138. The zero-order valence-electron chi connectivity index (χ0n) is 17.9. The molecule has 0 heterocycles. The van der Waals surface area contributed by atoms with Gasteiger partial charge in [0, 0.05) is 26.2 Å². The van der Waals surface area contributed by atoms with Crippen molar-refractivity contribution >= 4 is 23.9 Å². The van der Waals surface area contributed by atoms with E-state index >= 15 is 0 Å². The number of hydrogen-bond acceptors (Lipinski definition) is 4. The minimum absolute atomic E-state index is 0.327. The fourth-order valence-corrected chi connectivity index (χ4v) is 1.58. The minimum atomic E-state index is -0.833. The van der Waals surface area contributed by atoms with E-state index in [2.05, 4.69) is 20.8 Å². The van der Waals surface area contributed by atoms with E-state index in [0.29, 0.717) is 19.3 Å². The van der Waals surface area contributed by atoms with Crippen LogP contribution >= 0.6 is 0 Å². The van der Waals surface area contributed by atoms with E-state index in [1.807, 2.05) is 0 Å². The molecule has 168 valence electrons.